The van der Waals surface area contributed by atoms with Crippen molar-refractivity contribution in [3.05, 3.63) is 59.3 Å². The van der Waals surface area contributed by atoms with Crippen LogP contribution in [-0.4, -0.2) is 43.0 Å². The van der Waals surface area contributed by atoms with Crippen molar-refractivity contribution in [2.24, 2.45) is 4.99 Å². The van der Waals surface area contributed by atoms with E-state index in [2.05, 4.69) is 41.4 Å². The lowest BCUT2D eigenvalue weighted by Gasteiger charge is -2.22. The third-order valence-electron chi connectivity index (χ3n) is 4.62. The van der Waals surface area contributed by atoms with Crippen molar-refractivity contribution in [1.29, 1.82) is 0 Å². The van der Waals surface area contributed by atoms with Crippen LogP contribution >= 0.6 is 24.0 Å². The number of halogens is 1. The van der Waals surface area contributed by atoms with Crippen LogP contribution in [-0.2, 0) is 13.1 Å². The van der Waals surface area contributed by atoms with Crippen molar-refractivity contribution in [3.8, 4) is 0 Å². The fraction of sp³-hybridized carbons (Fsp3) is 0.429. The number of aliphatic imine (C=N–C) groups is 1. The molecule has 1 aromatic heterocycles. The zero-order valence-corrected chi connectivity index (χ0v) is 18.8. The van der Waals surface area contributed by atoms with E-state index in [1.165, 1.54) is 24.0 Å². The van der Waals surface area contributed by atoms with Gasteiger partial charge in [0.15, 0.2) is 5.96 Å². The van der Waals surface area contributed by atoms with Gasteiger partial charge in [-0.15, -0.1) is 24.0 Å². The molecule has 1 aromatic carbocycles. The first-order chi connectivity index (χ1) is 12.6. The highest BCUT2D eigenvalue weighted by Crippen LogP contribution is 2.23. The van der Waals surface area contributed by atoms with Crippen LogP contribution in [0.5, 0.6) is 0 Å². The minimum absolute atomic E-state index is 0. The molecule has 0 unspecified atom stereocenters. The van der Waals surface area contributed by atoms with Crippen LogP contribution in [0.1, 0.15) is 29.7 Å². The van der Waals surface area contributed by atoms with Gasteiger partial charge in [-0.2, -0.15) is 0 Å². The van der Waals surface area contributed by atoms with Gasteiger partial charge in [-0.05, 0) is 31.4 Å². The first-order valence-corrected chi connectivity index (χ1v) is 9.34. The van der Waals surface area contributed by atoms with E-state index in [4.69, 9.17) is 9.98 Å². The molecule has 146 valence electrons. The predicted octanol–water partition coefficient (Wildman–Crippen LogP) is 3.82. The summed E-state index contributed by atoms with van der Waals surface area (Å²) in [6, 6.07) is 14.6. The van der Waals surface area contributed by atoms with E-state index in [1.807, 2.05) is 37.2 Å². The zero-order chi connectivity index (χ0) is 18.4. The molecule has 1 aliphatic rings. The van der Waals surface area contributed by atoms with Crippen LogP contribution in [0.15, 0.2) is 47.5 Å². The Morgan fingerprint density at radius 3 is 2.48 bits per heavy atom. The van der Waals surface area contributed by atoms with Gasteiger partial charge in [-0.3, -0.25) is 0 Å². The van der Waals surface area contributed by atoms with E-state index < -0.39 is 0 Å². The summed E-state index contributed by atoms with van der Waals surface area (Å²) in [6.07, 6.45) is 2.51. The Balaban J connectivity index is 0.00000261. The molecule has 2 heterocycles. The minimum Gasteiger partial charge on any atom is -0.356 e. The first kappa shape index (κ1) is 21.5. The summed E-state index contributed by atoms with van der Waals surface area (Å²) in [4.78, 5) is 14.0. The van der Waals surface area contributed by atoms with E-state index in [0.717, 1.165) is 37.1 Å². The van der Waals surface area contributed by atoms with Crippen LogP contribution in [0.2, 0.25) is 0 Å². The highest BCUT2D eigenvalue weighted by Gasteiger charge is 2.17. The number of aromatic nitrogens is 1. The van der Waals surface area contributed by atoms with Gasteiger partial charge >= 0.3 is 0 Å². The van der Waals surface area contributed by atoms with Crippen molar-refractivity contribution >= 4 is 35.8 Å². The van der Waals surface area contributed by atoms with Crippen LogP contribution in [0, 0.1) is 6.92 Å². The zero-order valence-electron chi connectivity index (χ0n) is 16.5. The molecule has 1 N–H and O–H groups in total. The molecular weight excluding hydrogens is 449 g/mol. The molecule has 0 atom stereocenters. The quantitative estimate of drug-likeness (QED) is 0.403. The summed E-state index contributed by atoms with van der Waals surface area (Å²) in [5.41, 5.74) is 3.51. The third kappa shape index (κ3) is 6.09. The van der Waals surface area contributed by atoms with E-state index in [-0.39, 0.29) is 24.0 Å². The van der Waals surface area contributed by atoms with Crippen LogP contribution in [0.4, 0.5) is 5.82 Å². The first-order valence-electron chi connectivity index (χ1n) is 9.34. The monoisotopic (exact) mass is 479 g/mol. The Kier molecular flexibility index (Phi) is 8.34. The Morgan fingerprint density at radius 1 is 1.11 bits per heavy atom. The van der Waals surface area contributed by atoms with Crippen molar-refractivity contribution in [2.75, 3.05) is 32.1 Å². The topological polar surface area (TPSA) is 43.8 Å². The standard InChI is InChI=1S/C21H29N5.HI/c1-17-11-12-19(20(24-17)26-13-7-8-14-26)16-23-21(25(2)3)22-15-18-9-5-4-6-10-18;/h4-6,9-12H,7-8,13-16H2,1-3H3,(H,22,23);1H. The third-order valence-corrected chi connectivity index (χ3v) is 4.62. The highest BCUT2D eigenvalue weighted by molar-refractivity contribution is 14.0. The molecule has 6 heteroatoms. The molecule has 3 rings (SSSR count). The molecule has 0 radical (unpaired) electrons. The number of hydrogen-bond donors (Lipinski definition) is 1. The number of hydrogen-bond acceptors (Lipinski definition) is 3. The Morgan fingerprint density at radius 2 is 1.81 bits per heavy atom. The van der Waals surface area contributed by atoms with Crippen molar-refractivity contribution in [3.63, 3.8) is 0 Å². The molecule has 1 saturated heterocycles. The van der Waals surface area contributed by atoms with E-state index in [0.29, 0.717) is 6.54 Å². The number of nitrogens with zero attached hydrogens (tertiary/aromatic N) is 4. The summed E-state index contributed by atoms with van der Waals surface area (Å²) < 4.78 is 0. The lowest BCUT2D eigenvalue weighted by Crippen LogP contribution is -2.36. The van der Waals surface area contributed by atoms with E-state index in [9.17, 15) is 0 Å². The van der Waals surface area contributed by atoms with Gasteiger partial charge in [-0.1, -0.05) is 36.4 Å². The van der Waals surface area contributed by atoms with E-state index >= 15 is 0 Å². The molecular formula is C21H30IN5. The van der Waals surface area contributed by atoms with Crippen molar-refractivity contribution < 1.29 is 0 Å². The second kappa shape index (κ2) is 10.5. The molecule has 0 bridgehead atoms. The molecule has 1 fully saturated rings. The predicted molar refractivity (Wildman–Crippen MR) is 124 cm³/mol. The van der Waals surface area contributed by atoms with Gasteiger partial charge in [0.25, 0.3) is 0 Å². The number of anilines is 1. The van der Waals surface area contributed by atoms with Crippen LogP contribution in [0.3, 0.4) is 0 Å². The average Bonchev–Trinajstić information content (AvgIpc) is 3.17. The number of benzene rings is 1. The number of rotatable bonds is 5. The van der Waals surface area contributed by atoms with Gasteiger partial charge < -0.3 is 15.1 Å². The SMILES string of the molecule is Cc1ccc(CNC(=NCc2ccccc2)N(C)C)c(N2CCCC2)n1.I. The second-order valence-electron chi connectivity index (χ2n) is 7.00. The maximum Gasteiger partial charge on any atom is 0.194 e. The number of nitrogens with one attached hydrogen (secondary N) is 1. The Hall–Kier alpha value is -1.83. The Bertz CT molecular complexity index is 739. The van der Waals surface area contributed by atoms with Crippen molar-refractivity contribution in [2.45, 2.75) is 32.9 Å². The van der Waals surface area contributed by atoms with E-state index in [1.54, 1.807) is 0 Å². The molecule has 5 nitrogen and oxygen atoms in total. The minimum atomic E-state index is 0. The van der Waals surface area contributed by atoms with Gasteiger partial charge in [-0.25, -0.2) is 9.98 Å². The smallest absolute Gasteiger partial charge is 0.194 e. The van der Waals surface area contributed by atoms with Crippen LogP contribution < -0.4 is 10.2 Å². The molecule has 0 aliphatic carbocycles. The fourth-order valence-corrected chi connectivity index (χ4v) is 3.19. The van der Waals surface area contributed by atoms with Crippen molar-refractivity contribution in [1.82, 2.24) is 15.2 Å². The summed E-state index contributed by atoms with van der Waals surface area (Å²) in [6.45, 7) is 5.67. The summed E-state index contributed by atoms with van der Waals surface area (Å²) in [5.74, 6) is 2.01. The highest BCUT2D eigenvalue weighted by atomic mass is 127. The molecule has 1 aliphatic heterocycles. The average molecular weight is 479 g/mol. The van der Waals surface area contributed by atoms with Crippen LogP contribution in [0.25, 0.3) is 0 Å². The van der Waals surface area contributed by atoms with Gasteiger partial charge in [0, 0.05) is 45.0 Å². The lowest BCUT2D eigenvalue weighted by molar-refractivity contribution is 0.578. The number of pyridine rings is 1. The Labute approximate surface area is 179 Å². The molecule has 2 aromatic rings. The fourth-order valence-electron chi connectivity index (χ4n) is 3.19. The summed E-state index contributed by atoms with van der Waals surface area (Å²) >= 11 is 0. The van der Waals surface area contributed by atoms with Gasteiger partial charge in [0.2, 0.25) is 0 Å². The number of guanidine groups is 1. The molecule has 0 amide bonds. The van der Waals surface area contributed by atoms with Gasteiger partial charge in [0.05, 0.1) is 6.54 Å². The summed E-state index contributed by atoms with van der Waals surface area (Å²) in [5, 5.41) is 3.50. The number of aryl methyl sites for hydroxylation is 1. The largest absolute Gasteiger partial charge is 0.356 e. The normalized spacial score (nSPS) is 14.0. The molecule has 0 spiro atoms. The summed E-state index contributed by atoms with van der Waals surface area (Å²) in [7, 11) is 4.04. The molecule has 0 saturated carbocycles. The maximum atomic E-state index is 4.80. The second-order valence-corrected chi connectivity index (χ2v) is 7.00. The maximum absolute atomic E-state index is 4.80. The lowest BCUT2D eigenvalue weighted by atomic mass is 10.2. The molecule has 27 heavy (non-hydrogen) atoms. The van der Waals surface area contributed by atoms with Gasteiger partial charge in [0.1, 0.15) is 5.82 Å².